The third-order valence-corrected chi connectivity index (χ3v) is 7.06. The van der Waals surface area contributed by atoms with Gasteiger partial charge in [0.2, 0.25) is 11.5 Å². The Balaban J connectivity index is 1.74. The number of carboxylic acid groups (broad SMARTS) is 1. The SMILES string of the molecule is C=C1C=C2CC[C@H](Oc3ccc(C(=O)O)cc3)CN(C(=O)[C@@H](C)c3ccccc3)C2=CC(F)C1(O)C(F)(F)F. The van der Waals surface area contributed by atoms with Crippen LogP contribution < -0.4 is 4.74 Å². The van der Waals surface area contributed by atoms with Gasteiger partial charge in [-0.3, -0.25) is 4.79 Å². The van der Waals surface area contributed by atoms with Crippen molar-refractivity contribution in [1.29, 1.82) is 0 Å². The molecule has 1 fully saturated rings. The molecule has 6 nitrogen and oxygen atoms in total. The second-order valence-electron chi connectivity index (χ2n) is 9.60. The van der Waals surface area contributed by atoms with E-state index in [1.54, 1.807) is 37.3 Å². The fourth-order valence-corrected chi connectivity index (χ4v) is 4.74. The summed E-state index contributed by atoms with van der Waals surface area (Å²) in [5.74, 6) is -2.00. The molecule has 1 heterocycles. The van der Waals surface area contributed by atoms with Gasteiger partial charge in [-0.1, -0.05) is 43.0 Å². The lowest BCUT2D eigenvalue weighted by molar-refractivity contribution is -0.256. The summed E-state index contributed by atoms with van der Waals surface area (Å²) in [4.78, 5) is 26.1. The Hall–Kier alpha value is -3.92. The van der Waals surface area contributed by atoms with E-state index in [-0.39, 0.29) is 36.2 Å². The van der Waals surface area contributed by atoms with Crippen LogP contribution in [0.4, 0.5) is 17.6 Å². The Labute approximate surface area is 222 Å². The number of carbonyl (C=O) groups is 2. The van der Waals surface area contributed by atoms with Crippen molar-refractivity contribution in [3.05, 3.63) is 101 Å². The number of amides is 1. The first-order chi connectivity index (χ1) is 18.3. The van der Waals surface area contributed by atoms with Gasteiger partial charge in [-0.15, -0.1) is 0 Å². The van der Waals surface area contributed by atoms with E-state index >= 15 is 4.39 Å². The van der Waals surface area contributed by atoms with Gasteiger partial charge in [0.25, 0.3) is 0 Å². The average Bonchev–Trinajstić information content (AvgIpc) is 3.12. The van der Waals surface area contributed by atoms with Gasteiger partial charge in [0.1, 0.15) is 11.9 Å². The fourth-order valence-electron chi connectivity index (χ4n) is 4.74. The van der Waals surface area contributed by atoms with Gasteiger partial charge in [0.15, 0.2) is 6.17 Å². The van der Waals surface area contributed by atoms with E-state index < -0.39 is 47.4 Å². The van der Waals surface area contributed by atoms with E-state index in [4.69, 9.17) is 9.84 Å². The van der Waals surface area contributed by atoms with Gasteiger partial charge in [-0.25, -0.2) is 9.18 Å². The minimum atomic E-state index is -5.35. The van der Waals surface area contributed by atoms with Gasteiger partial charge < -0.3 is 19.8 Å². The number of hydrogen-bond acceptors (Lipinski definition) is 4. The monoisotopic (exact) mass is 545 g/mol. The van der Waals surface area contributed by atoms with Crippen LogP contribution in [0.25, 0.3) is 0 Å². The molecule has 0 aromatic heterocycles. The number of aromatic carboxylic acids is 1. The number of fused-ring (bicyclic) bond motifs is 1. The van der Waals surface area contributed by atoms with Gasteiger partial charge in [-0.2, -0.15) is 13.2 Å². The van der Waals surface area contributed by atoms with E-state index in [0.29, 0.717) is 17.4 Å². The summed E-state index contributed by atoms with van der Waals surface area (Å²) in [5.41, 5.74) is -3.87. The van der Waals surface area contributed by atoms with Gasteiger partial charge in [0, 0.05) is 5.70 Å². The maximum Gasteiger partial charge on any atom is 0.424 e. The number of alkyl halides is 4. The van der Waals surface area contributed by atoms with Crippen LogP contribution in [0.5, 0.6) is 5.75 Å². The lowest BCUT2D eigenvalue weighted by atomic mass is 9.89. The summed E-state index contributed by atoms with van der Waals surface area (Å²) in [6.07, 6.45) is -6.95. The highest BCUT2D eigenvalue weighted by molar-refractivity contribution is 5.87. The zero-order valence-corrected chi connectivity index (χ0v) is 21.0. The number of hydrogen-bond donors (Lipinski definition) is 2. The predicted octanol–water partition coefficient (Wildman–Crippen LogP) is 5.57. The molecule has 1 amide bonds. The molecule has 4 atom stereocenters. The molecule has 4 rings (SSSR count). The summed E-state index contributed by atoms with van der Waals surface area (Å²) in [6.45, 7) is 4.84. The van der Waals surface area contributed by atoms with Crippen LogP contribution >= 0.6 is 0 Å². The highest BCUT2D eigenvalue weighted by Crippen LogP contribution is 2.45. The molecule has 2 N–H and O–H groups in total. The highest BCUT2D eigenvalue weighted by atomic mass is 19.4. The predicted molar refractivity (Wildman–Crippen MR) is 135 cm³/mol. The van der Waals surface area contributed by atoms with Gasteiger partial charge in [0.05, 0.1) is 18.0 Å². The third kappa shape index (κ3) is 5.47. The molecule has 2 aromatic carbocycles. The van der Waals surface area contributed by atoms with Crippen LogP contribution in [0.2, 0.25) is 0 Å². The molecule has 0 saturated carbocycles. The lowest BCUT2D eigenvalue weighted by Gasteiger charge is -2.32. The van der Waals surface area contributed by atoms with Crippen molar-refractivity contribution >= 4 is 11.9 Å². The average molecular weight is 546 g/mol. The van der Waals surface area contributed by atoms with Crippen LogP contribution in [0, 0.1) is 0 Å². The summed E-state index contributed by atoms with van der Waals surface area (Å²) in [6, 6.07) is 14.4. The Morgan fingerprint density at radius 3 is 2.36 bits per heavy atom. The number of halogens is 4. The summed E-state index contributed by atoms with van der Waals surface area (Å²) >= 11 is 0. The number of carbonyl (C=O) groups excluding carboxylic acids is 1. The van der Waals surface area contributed by atoms with Crippen molar-refractivity contribution in [3.63, 3.8) is 0 Å². The molecular weight excluding hydrogens is 518 g/mol. The Kier molecular flexibility index (Phi) is 7.70. The van der Waals surface area contributed by atoms with E-state index in [2.05, 4.69) is 6.58 Å². The Morgan fingerprint density at radius 1 is 1.13 bits per heavy atom. The number of likely N-dealkylation sites (tertiary alicyclic amines) is 1. The third-order valence-electron chi connectivity index (χ3n) is 7.06. The van der Waals surface area contributed by atoms with E-state index in [1.807, 2.05) is 0 Å². The van der Waals surface area contributed by atoms with Gasteiger partial charge in [-0.05, 0) is 66.8 Å². The molecule has 2 aromatic rings. The first-order valence-corrected chi connectivity index (χ1v) is 12.2. The quantitative estimate of drug-likeness (QED) is 0.480. The number of carboxylic acids is 1. The lowest BCUT2D eigenvalue weighted by Crippen LogP contribution is -2.53. The van der Waals surface area contributed by atoms with Crippen LogP contribution in [-0.4, -0.2) is 57.6 Å². The van der Waals surface area contributed by atoms with Crippen molar-refractivity contribution < 1.29 is 42.1 Å². The van der Waals surface area contributed by atoms with E-state index in [9.17, 15) is 27.9 Å². The van der Waals surface area contributed by atoms with Crippen LogP contribution in [0.1, 0.15) is 41.6 Å². The van der Waals surface area contributed by atoms with Crippen molar-refractivity contribution in [3.8, 4) is 5.75 Å². The molecule has 0 bridgehead atoms. The molecular formula is C29H27F4NO5. The number of aliphatic hydroxyl groups is 1. The zero-order valence-electron chi connectivity index (χ0n) is 21.0. The van der Waals surface area contributed by atoms with E-state index in [1.165, 1.54) is 29.2 Å². The summed E-state index contributed by atoms with van der Waals surface area (Å²) in [5, 5.41) is 19.5. The van der Waals surface area contributed by atoms with Crippen LogP contribution in [0.15, 0.2) is 90.2 Å². The second kappa shape index (κ2) is 10.7. The molecule has 0 radical (unpaired) electrons. The first-order valence-electron chi connectivity index (χ1n) is 12.2. The standard InChI is InChI=1S/C29H27F4NO5/c1-17-14-21-10-13-23(39-22-11-8-20(9-12-22)27(36)37)16-34(26(35)18(2)19-6-4-3-5-7-19)24(21)15-25(30)28(17,38)29(31,32)33/h3-9,11-12,14-15,18,23,25,38H,1,10,13,16H2,2H3,(H,36,37)/t18-,23-,25?,28?/m0/s1. The Bertz CT molecular complexity index is 1320. The van der Waals surface area contributed by atoms with Crippen LogP contribution in [-0.2, 0) is 4.79 Å². The minimum Gasteiger partial charge on any atom is -0.489 e. The van der Waals surface area contributed by atoms with Crippen molar-refractivity contribution in [1.82, 2.24) is 4.90 Å². The van der Waals surface area contributed by atoms with Crippen LogP contribution in [0.3, 0.4) is 0 Å². The molecule has 1 aliphatic heterocycles. The fraction of sp³-hybridized carbons (Fsp3) is 0.310. The topological polar surface area (TPSA) is 87.1 Å². The normalized spacial score (nSPS) is 24.5. The summed E-state index contributed by atoms with van der Waals surface area (Å²) < 4.78 is 62.7. The second-order valence-corrected chi connectivity index (χ2v) is 9.60. The highest BCUT2D eigenvalue weighted by Gasteiger charge is 2.61. The number of allylic oxidation sites excluding steroid dienone is 1. The summed E-state index contributed by atoms with van der Waals surface area (Å²) in [7, 11) is 0. The largest absolute Gasteiger partial charge is 0.489 e. The molecule has 0 spiro atoms. The molecule has 206 valence electrons. The zero-order chi connectivity index (χ0) is 28.5. The molecule has 10 heteroatoms. The Morgan fingerprint density at radius 2 is 1.77 bits per heavy atom. The first kappa shape index (κ1) is 28.1. The number of benzene rings is 2. The van der Waals surface area contributed by atoms with Crippen molar-refractivity contribution in [2.75, 3.05) is 6.54 Å². The molecule has 2 aliphatic rings. The maximum absolute atomic E-state index is 15.3. The number of nitrogens with zero attached hydrogens (tertiary/aromatic N) is 1. The van der Waals surface area contributed by atoms with Gasteiger partial charge >= 0.3 is 12.1 Å². The molecule has 1 saturated heterocycles. The molecule has 1 aliphatic carbocycles. The minimum absolute atomic E-state index is 0.0546. The smallest absolute Gasteiger partial charge is 0.424 e. The molecule has 2 unspecified atom stereocenters. The number of rotatable bonds is 5. The van der Waals surface area contributed by atoms with Crippen molar-refractivity contribution in [2.45, 2.75) is 49.7 Å². The maximum atomic E-state index is 15.3. The van der Waals surface area contributed by atoms with E-state index in [0.717, 1.165) is 6.08 Å². The molecule has 39 heavy (non-hydrogen) atoms. The van der Waals surface area contributed by atoms with Crippen molar-refractivity contribution in [2.24, 2.45) is 0 Å². The number of ether oxygens (including phenoxy) is 1.